The van der Waals surface area contributed by atoms with Gasteiger partial charge in [0.25, 0.3) is 0 Å². The van der Waals surface area contributed by atoms with Crippen molar-refractivity contribution in [3.63, 3.8) is 0 Å². The van der Waals surface area contributed by atoms with E-state index in [0.29, 0.717) is 35.8 Å². The molecule has 2 aliphatic carbocycles. The van der Waals surface area contributed by atoms with Gasteiger partial charge in [-0.2, -0.15) is 8.78 Å². The van der Waals surface area contributed by atoms with Gasteiger partial charge < -0.3 is 4.74 Å². The maximum absolute atomic E-state index is 14.6. The van der Waals surface area contributed by atoms with Crippen molar-refractivity contribution in [1.82, 2.24) is 0 Å². The van der Waals surface area contributed by atoms with Crippen LogP contribution in [0.1, 0.15) is 101 Å². The Balaban J connectivity index is 1.11. The van der Waals surface area contributed by atoms with E-state index < -0.39 is 35.1 Å². The largest absolute Gasteiger partial charge is 0.429 e. The zero-order valence-electron chi connectivity index (χ0n) is 25.8. The molecule has 5 rings (SSSR count). The Bertz CT molecular complexity index is 1410. The summed E-state index contributed by atoms with van der Waals surface area (Å²) in [6.07, 6.45) is 14.0. The second-order valence-corrected chi connectivity index (χ2v) is 12.9. The van der Waals surface area contributed by atoms with Crippen molar-refractivity contribution in [2.75, 3.05) is 0 Å². The van der Waals surface area contributed by atoms with Crippen LogP contribution in [0.5, 0.6) is 5.75 Å². The first-order valence-corrected chi connectivity index (χ1v) is 16.4. The molecule has 0 unspecified atom stereocenters. The summed E-state index contributed by atoms with van der Waals surface area (Å²) in [5.74, 6) is -3.02. The Hall–Kier alpha value is -3.22. The minimum atomic E-state index is -3.74. The van der Waals surface area contributed by atoms with E-state index in [4.69, 9.17) is 4.74 Å². The highest BCUT2D eigenvalue weighted by atomic mass is 19.3. The van der Waals surface area contributed by atoms with Gasteiger partial charge in [-0.15, -0.1) is 0 Å². The van der Waals surface area contributed by atoms with Crippen molar-refractivity contribution in [1.29, 1.82) is 0 Å². The topological polar surface area (TPSA) is 9.23 Å². The van der Waals surface area contributed by atoms with Crippen LogP contribution in [-0.2, 0) is 0 Å². The van der Waals surface area contributed by atoms with E-state index in [1.807, 2.05) is 24.3 Å². The quantitative estimate of drug-likeness (QED) is 0.117. The summed E-state index contributed by atoms with van der Waals surface area (Å²) < 4.78 is 88.8. The Labute approximate surface area is 262 Å². The van der Waals surface area contributed by atoms with Crippen LogP contribution in [0.3, 0.4) is 0 Å². The molecule has 0 spiro atoms. The fraction of sp³-hybridized carbons (Fsp3) is 0.474. The van der Waals surface area contributed by atoms with Crippen LogP contribution < -0.4 is 4.74 Å². The van der Waals surface area contributed by atoms with E-state index in [1.54, 1.807) is 0 Å². The van der Waals surface area contributed by atoms with Crippen LogP contribution in [0.15, 0.2) is 60.7 Å². The minimum Gasteiger partial charge on any atom is -0.429 e. The highest BCUT2D eigenvalue weighted by molar-refractivity contribution is 5.65. The molecule has 242 valence electrons. The highest BCUT2D eigenvalue weighted by Gasteiger charge is 2.31. The zero-order chi connectivity index (χ0) is 32.0. The van der Waals surface area contributed by atoms with Crippen LogP contribution in [0, 0.1) is 41.0 Å². The average molecular weight is 629 g/mol. The monoisotopic (exact) mass is 628 g/mol. The summed E-state index contributed by atoms with van der Waals surface area (Å²) in [5, 5.41) is 0. The molecule has 7 heteroatoms. The predicted octanol–water partition coefficient (Wildman–Crippen LogP) is 12.3. The van der Waals surface area contributed by atoms with Gasteiger partial charge in [0.05, 0.1) is 0 Å². The fourth-order valence-corrected chi connectivity index (χ4v) is 7.32. The molecule has 2 fully saturated rings. The number of unbranched alkanes of at least 4 members (excludes halogenated alkanes) is 2. The Kier molecular flexibility index (Phi) is 11.0. The van der Waals surface area contributed by atoms with Crippen LogP contribution in [0.25, 0.3) is 17.2 Å². The second-order valence-electron chi connectivity index (χ2n) is 12.9. The first kappa shape index (κ1) is 33.2. The van der Waals surface area contributed by atoms with E-state index in [2.05, 4.69) is 6.92 Å². The van der Waals surface area contributed by atoms with Gasteiger partial charge in [0.2, 0.25) is 0 Å². The molecule has 3 aromatic rings. The molecule has 0 aliphatic heterocycles. The summed E-state index contributed by atoms with van der Waals surface area (Å²) >= 11 is 0. The molecule has 0 amide bonds. The van der Waals surface area contributed by atoms with E-state index in [9.17, 15) is 26.3 Å². The number of benzene rings is 3. The number of ether oxygens (including phenoxy) is 1. The SMILES string of the molecule is CCCCCC1CCC(C2CCC(c3ccc(C=CC(F)(F)Oc4ccc(-c5cc(F)c(F)c(F)c5)c(F)c4)cc3)CC2)CC1. The highest BCUT2D eigenvalue weighted by Crippen LogP contribution is 2.44. The molecule has 45 heavy (non-hydrogen) atoms. The van der Waals surface area contributed by atoms with Gasteiger partial charge >= 0.3 is 6.11 Å². The summed E-state index contributed by atoms with van der Waals surface area (Å²) in [5.41, 5.74) is 1.28. The van der Waals surface area contributed by atoms with Gasteiger partial charge in [-0.25, -0.2) is 17.6 Å². The second kappa shape index (κ2) is 14.9. The van der Waals surface area contributed by atoms with Crippen molar-refractivity contribution in [2.45, 2.75) is 96.0 Å². The lowest BCUT2D eigenvalue weighted by Crippen LogP contribution is -2.25. The number of hydrogen-bond donors (Lipinski definition) is 0. The molecule has 2 saturated carbocycles. The summed E-state index contributed by atoms with van der Waals surface area (Å²) in [6, 6.07) is 11.7. The van der Waals surface area contributed by atoms with Gasteiger partial charge in [0.15, 0.2) is 17.5 Å². The first-order valence-electron chi connectivity index (χ1n) is 16.4. The molecule has 2 aliphatic rings. The average Bonchev–Trinajstić information content (AvgIpc) is 3.03. The van der Waals surface area contributed by atoms with E-state index in [1.165, 1.54) is 88.7 Å². The molecule has 0 bridgehead atoms. The summed E-state index contributed by atoms with van der Waals surface area (Å²) in [6.45, 7) is 2.27. The summed E-state index contributed by atoms with van der Waals surface area (Å²) in [4.78, 5) is 0. The lowest BCUT2D eigenvalue weighted by atomic mass is 9.68. The maximum Gasteiger partial charge on any atom is 0.419 e. The van der Waals surface area contributed by atoms with Crippen LogP contribution in [0.4, 0.5) is 26.3 Å². The van der Waals surface area contributed by atoms with Gasteiger partial charge in [0.1, 0.15) is 11.6 Å². The van der Waals surface area contributed by atoms with Crippen molar-refractivity contribution in [3.8, 4) is 16.9 Å². The molecule has 1 nitrogen and oxygen atoms in total. The number of alkyl halides is 2. The summed E-state index contributed by atoms with van der Waals surface area (Å²) in [7, 11) is 0. The lowest BCUT2D eigenvalue weighted by molar-refractivity contribution is -0.131. The van der Waals surface area contributed by atoms with Crippen molar-refractivity contribution in [3.05, 3.63) is 95.1 Å². The molecule has 0 saturated heterocycles. The van der Waals surface area contributed by atoms with Gasteiger partial charge in [-0.3, -0.25) is 0 Å². The van der Waals surface area contributed by atoms with Gasteiger partial charge in [0, 0.05) is 17.7 Å². The number of rotatable bonds is 11. The number of halogens is 6. The third-order valence-corrected chi connectivity index (χ3v) is 9.91. The Morgan fingerprint density at radius 2 is 1.36 bits per heavy atom. The van der Waals surface area contributed by atoms with Gasteiger partial charge in [-0.05, 0) is 109 Å². The minimum absolute atomic E-state index is 0.269. The standard InChI is InChI=1S/C38H42F6O/c1-2-3-4-5-25-6-10-27(11-7-25)29-14-16-30(17-15-29)28-12-8-26(9-13-28)20-21-38(43,44)45-32-18-19-33(34(39)24-32)31-22-35(40)37(42)36(41)23-31/h8-9,12-13,18-25,27,29-30H,2-7,10-11,14-17H2,1H3. The molecule has 0 atom stereocenters. The molecular formula is C38H42F6O. The molecule has 0 N–H and O–H groups in total. The zero-order valence-corrected chi connectivity index (χ0v) is 25.8. The van der Waals surface area contributed by atoms with Crippen molar-refractivity contribution in [2.24, 2.45) is 17.8 Å². The lowest BCUT2D eigenvalue weighted by Gasteiger charge is -2.38. The molecule has 0 heterocycles. The van der Waals surface area contributed by atoms with E-state index >= 15 is 0 Å². The Morgan fingerprint density at radius 3 is 1.96 bits per heavy atom. The number of hydrogen-bond acceptors (Lipinski definition) is 1. The molecule has 0 radical (unpaired) electrons. The maximum atomic E-state index is 14.6. The van der Waals surface area contributed by atoms with Crippen LogP contribution in [0.2, 0.25) is 0 Å². The molecule has 3 aromatic carbocycles. The molecule has 0 aromatic heterocycles. The van der Waals surface area contributed by atoms with E-state index in [0.717, 1.165) is 29.9 Å². The fourth-order valence-electron chi connectivity index (χ4n) is 7.32. The Morgan fingerprint density at radius 1 is 0.733 bits per heavy atom. The smallest absolute Gasteiger partial charge is 0.419 e. The van der Waals surface area contributed by atoms with Crippen LogP contribution in [-0.4, -0.2) is 6.11 Å². The normalized spacial score (nSPS) is 22.6. The molecular weight excluding hydrogens is 586 g/mol. The van der Waals surface area contributed by atoms with Crippen molar-refractivity contribution < 1.29 is 31.1 Å². The first-order chi connectivity index (χ1) is 21.6. The van der Waals surface area contributed by atoms with Crippen molar-refractivity contribution >= 4 is 6.08 Å². The predicted molar refractivity (Wildman–Crippen MR) is 167 cm³/mol. The van der Waals surface area contributed by atoms with Crippen LogP contribution >= 0.6 is 0 Å². The third kappa shape index (κ3) is 8.74. The van der Waals surface area contributed by atoms with E-state index in [-0.39, 0.29) is 11.1 Å². The third-order valence-electron chi connectivity index (χ3n) is 9.91. The van der Waals surface area contributed by atoms with Gasteiger partial charge in [-0.1, -0.05) is 69.7 Å².